The van der Waals surface area contributed by atoms with Gasteiger partial charge in [0.15, 0.2) is 0 Å². The van der Waals surface area contributed by atoms with Crippen LogP contribution in [0.4, 0.5) is 11.4 Å². The Balaban J connectivity index is 1.89. The van der Waals surface area contributed by atoms with Crippen LogP contribution in [0.25, 0.3) is 0 Å². The summed E-state index contributed by atoms with van der Waals surface area (Å²) in [7, 11) is 0. The van der Waals surface area contributed by atoms with Crippen molar-refractivity contribution in [3.05, 3.63) is 24.3 Å². The van der Waals surface area contributed by atoms with Crippen molar-refractivity contribution in [1.29, 1.82) is 0 Å². The molecule has 2 amide bonds. The molecule has 0 heterocycles. The van der Waals surface area contributed by atoms with Crippen LogP contribution >= 0.6 is 0 Å². The largest absolute Gasteiger partial charge is 0.326 e. The number of anilines is 2. The van der Waals surface area contributed by atoms with Gasteiger partial charge in [0.1, 0.15) is 0 Å². The summed E-state index contributed by atoms with van der Waals surface area (Å²) in [5.41, 5.74) is 7.40. The third kappa shape index (κ3) is 5.64. The van der Waals surface area contributed by atoms with Gasteiger partial charge in [0.05, 0.1) is 6.04 Å². The minimum Gasteiger partial charge on any atom is -0.326 e. The number of hydrogen-bond acceptors (Lipinski definition) is 3. The molecule has 24 heavy (non-hydrogen) atoms. The van der Waals surface area contributed by atoms with Crippen LogP contribution in [-0.2, 0) is 9.59 Å². The molecule has 1 unspecified atom stereocenters. The van der Waals surface area contributed by atoms with Gasteiger partial charge >= 0.3 is 0 Å². The second-order valence-corrected chi connectivity index (χ2v) is 7.06. The standard InChI is InChI=1S/C19H29N3O2/c1-13(2)18(23)21-15-9-6-10-16(12-15)22-19(24)17(20)11-14-7-4-3-5-8-14/h6,9-10,12-14,17H,3-5,7-8,11,20H2,1-2H3,(H,21,23)(H,22,24). The molecule has 1 atom stereocenters. The summed E-state index contributed by atoms with van der Waals surface area (Å²) < 4.78 is 0. The van der Waals surface area contributed by atoms with Gasteiger partial charge in [-0.1, -0.05) is 52.0 Å². The molecule has 0 aromatic heterocycles. The average molecular weight is 331 g/mol. The van der Waals surface area contributed by atoms with Crippen LogP contribution in [0, 0.1) is 11.8 Å². The van der Waals surface area contributed by atoms with E-state index in [4.69, 9.17) is 5.73 Å². The molecule has 4 N–H and O–H groups in total. The highest BCUT2D eigenvalue weighted by atomic mass is 16.2. The summed E-state index contributed by atoms with van der Waals surface area (Å²) >= 11 is 0. The van der Waals surface area contributed by atoms with Gasteiger partial charge in [0, 0.05) is 17.3 Å². The Morgan fingerprint density at radius 1 is 1.08 bits per heavy atom. The quantitative estimate of drug-likeness (QED) is 0.745. The summed E-state index contributed by atoms with van der Waals surface area (Å²) in [6, 6.07) is 6.68. The number of hydrogen-bond donors (Lipinski definition) is 3. The maximum absolute atomic E-state index is 12.3. The van der Waals surface area contributed by atoms with Crippen molar-refractivity contribution < 1.29 is 9.59 Å². The second kappa shape index (κ2) is 8.83. The molecule has 0 radical (unpaired) electrons. The molecule has 132 valence electrons. The highest BCUT2D eigenvalue weighted by Gasteiger charge is 2.21. The van der Waals surface area contributed by atoms with Gasteiger partial charge in [-0.2, -0.15) is 0 Å². The first-order valence-corrected chi connectivity index (χ1v) is 8.93. The summed E-state index contributed by atoms with van der Waals surface area (Å²) in [4.78, 5) is 24.1. The fourth-order valence-corrected chi connectivity index (χ4v) is 3.09. The molecule has 0 spiro atoms. The van der Waals surface area contributed by atoms with Gasteiger partial charge in [-0.3, -0.25) is 9.59 Å². The van der Waals surface area contributed by atoms with E-state index in [-0.39, 0.29) is 17.7 Å². The Morgan fingerprint density at radius 3 is 2.25 bits per heavy atom. The SMILES string of the molecule is CC(C)C(=O)Nc1cccc(NC(=O)C(N)CC2CCCCC2)c1. The first-order valence-electron chi connectivity index (χ1n) is 8.93. The van der Waals surface area contributed by atoms with E-state index in [1.165, 1.54) is 32.1 Å². The summed E-state index contributed by atoms with van der Waals surface area (Å²) in [5.74, 6) is 0.267. The molecule has 5 heteroatoms. The molecular weight excluding hydrogens is 302 g/mol. The minimum absolute atomic E-state index is 0.0486. The molecule has 1 aromatic carbocycles. The van der Waals surface area contributed by atoms with E-state index in [1.807, 2.05) is 13.8 Å². The van der Waals surface area contributed by atoms with Crippen molar-refractivity contribution in [2.75, 3.05) is 10.6 Å². The summed E-state index contributed by atoms with van der Waals surface area (Å²) in [6.45, 7) is 3.68. The molecule has 1 aromatic rings. The fourth-order valence-electron chi connectivity index (χ4n) is 3.09. The first kappa shape index (κ1) is 18.5. The lowest BCUT2D eigenvalue weighted by Gasteiger charge is -2.24. The number of carbonyl (C=O) groups excluding carboxylic acids is 2. The zero-order valence-electron chi connectivity index (χ0n) is 14.7. The number of nitrogens with one attached hydrogen (secondary N) is 2. The van der Waals surface area contributed by atoms with Gasteiger partial charge in [-0.15, -0.1) is 0 Å². The molecule has 0 aliphatic heterocycles. The van der Waals surface area contributed by atoms with Crippen molar-refractivity contribution >= 4 is 23.2 Å². The smallest absolute Gasteiger partial charge is 0.241 e. The molecule has 5 nitrogen and oxygen atoms in total. The lowest BCUT2D eigenvalue weighted by Crippen LogP contribution is -2.37. The van der Waals surface area contributed by atoms with Gasteiger partial charge in [-0.05, 0) is 30.5 Å². The Bertz CT molecular complexity index is 565. The van der Waals surface area contributed by atoms with Gasteiger partial charge in [-0.25, -0.2) is 0 Å². The van der Waals surface area contributed by atoms with E-state index in [2.05, 4.69) is 10.6 Å². The zero-order chi connectivity index (χ0) is 17.5. The highest BCUT2D eigenvalue weighted by Crippen LogP contribution is 2.27. The van der Waals surface area contributed by atoms with Crippen molar-refractivity contribution in [3.63, 3.8) is 0 Å². The summed E-state index contributed by atoms with van der Waals surface area (Å²) in [5, 5.41) is 5.69. The van der Waals surface area contributed by atoms with Crippen molar-refractivity contribution in [2.24, 2.45) is 17.6 Å². The predicted octanol–water partition coefficient (Wildman–Crippen LogP) is 3.52. The molecule has 1 fully saturated rings. The zero-order valence-corrected chi connectivity index (χ0v) is 14.7. The molecule has 1 saturated carbocycles. The van der Waals surface area contributed by atoms with Gasteiger partial charge in [0.25, 0.3) is 0 Å². The van der Waals surface area contributed by atoms with E-state index in [0.717, 1.165) is 6.42 Å². The van der Waals surface area contributed by atoms with Gasteiger partial charge in [0.2, 0.25) is 11.8 Å². The maximum Gasteiger partial charge on any atom is 0.241 e. The lowest BCUT2D eigenvalue weighted by atomic mass is 9.85. The molecule has 0 saturated heterocycles. The highest BCUT2D eigenvalue weighted by molar-refractivity contribution is 5.96. The lowest BCUT2D eigenvalue weighted by molar-refractivity contribution is -0.119. The second-order valence-electron chi connectivity index (χ2n) is 7.06. The fraction of sp³-hybridized carbons (Fsp3) is 0.579. The van der Waals surface area contributed by atoms with Crippen LogP contribution in [0.15, 0.2) is 24.3 Å². The minimum atomic E-state index is -0.484. The Labute approximate surface area is 144 Å². The first-order chi connectivity index (χ1) is 11.5. The van der Waals surface area contributed by atoms with Crippen LogP contribution in [0.5, 0.6) is 0 Å². The van der Waals surface area contributed by atoms with Crippen molar-refractivity contribution in [1.82, 2.24) is 0 Å². The number of benzene rings is 1. The third-order valence-corrected chi connectivity index (χ3v) is 4.57. The van der Waals surface area contributed by atoms with E-state index in [0.29, 0.717) is 17.3 Å². The van der Waals surface area contributed by atoms with Crippen LogP contribution in [-0.4, -0.2) is 17.9 Å². The maximum atomic E-state index is 12.3. The van der Waals surface area contributed by atoms with E-state index in [9.17, 15) is 9.59 Å². The normalized spacial score (nSPS) is 16.7. The number of amides is 2. The number of carbonyl (C=O) groups is 2. The van der Waals surface area contributed by atoms with Crippen molar-refractivity contribution in [3.8, 4) is 0 Å². The van der Waals surface area contributed by atoms with Crippen LogP contribution < -0.4 is 16.4 Å². The Hall–Kier alpha value is -1.88. The van der Waals surface area contributed by atoms with E-state index < -0.39 is 6.04 Å². The molecule has 1 aliphatic rings. The predicted molar refractivity (Wildman–Crippen MR) is 97.7 cm³/mol. The van der Waals surface area contributed by atoms with Crippen LogP contribution in [0.1, 0.15) is 52.4 Å². The molecule has 1 aliphatic carbocycles. The van der Waals surface area contributed by atoms with Gasteiger partial charge < -0.3 is 16.4 Å². The Kier molecular flexibility index (Phi) is 6.79. The third-order valence-electron chi connectivity index (χ3n) is 4.57. The van der Waals surface area contributed by atoms with Crippen LogP contribution in [0.2, 0.25) is 0 Å². The monoisotopic (exact) mass is 331 g/mol. The Morgan fingerprint density at radius 2 is 1.67 bits per heavy atom. The molecule has 0 bridgehead atoms. The number of nitrogens with two attached hydrogens (primary N) is 1. The molecule has 2 rings (SSSR count). The van der Waals surface area contributed by atoms with E-state index in [1.54, 1.807) is 24.3 Å². The van der Waals surface area contributed by atoms with Crippen molar-refractivity contribution in [2.45, 2.75) is 58.4 Å². The van der Waals surface area contributed by atoms with Crippen LogP contribution in [0.3, 0.4) is 0 Å². The molecular formula is C19H29N3O2. The summed E-state index contributed by atoms with van der Waals surface area (Å²) in [6.07, 6.45) is 6.89. The van der Waals surface area contributed by atoms with E-state index >= 15 is 0 Å². The number of rotatable bonds is 6. The average Bonchev–Trinajstić information content (AvgIpc) is 2.56. The topological polar surface area (TPSA) is 84.2 Å².